The smallest absolute Gasteiger partial charge is 0.128 e. The zero-order valence-electron chi connectivity index (χ0n) is 8.25. The van der Waals surface area contributed by atoms with Crippen LogP contribution >= 0.6 is 35.0 Å². The van der Waals surface area contributed by atoms with Gasteiger partial charge in [-0.05, 0) is 53.1 Å². The molecular weight excluding hydrogens is 327 g/mol. The van der Waals surface area contributed by atoms with E-state index in [1.165, 1.54) is 18.9 Å². The molecular formula is C11H14ClFIN. The molecule has 1 saturated carbocycles. The maximum atomic E-state index is 13.4. The molecule has 2 N–H and O–H groups in total. The minimum Gasteiger partial charge on any atom is -0.324 e. The molecule has 1 atom stereocenters. The van der Waals surface area contributed by atoms with Gasteiger partial charge in [0, 0.05) is 15.2 Å². The number of benzene rings is 1. The fraction of sp³-hybridized carbons (Fsp3) is 0.455. The van der Waals surface area contributed by atoms with Crippen LogP contribution in [0.5, 0.6) is 0 Å². The Labute approximate surface area is 109 Å². The van der Waals surface area contributed by atoms with Gasteiger partial charge in [0.05, 0.1) is 0 Å². The van der Waals surface area contributed by atoms with Crippen LogP contribution in [0.1, 0.15) is 30.9 Å². The number of nitrogens with two attached hydrogens (primary N) is 1. The Kier molecular flexibility index (Phi) is 4.80. The van der Waals surface area contributed by atoms with Gasteiger partial charge in [-0.2, -0.15) is 0 Å². The van der Waals surface area contributed by atoms with Crippen molar-refractivity contribution in [3.05, 3.63) is 33.1 Å². The van der Waals surface area contributed by atoms with Crippen molar-refractivity contribution < 1.29 is 4.39 Å². The van der Waals surface area contributed by atoms with E-state index < -0.39 is 0 Å². The van der Waals surface area contributed by atoms with Crippen molar-refractivity contribution in [2.75, 3.05) is 0 Å². The van der Waals surface area contributed by atoms with E-state index in [0.717, 1.165) is 15.9 Å². The van der Waals surface area contributed by atoms with Gasteiger partial charge in [-0.25, -0.2) is 4.39 Å². The predicted molar refractivity (Wildman–Crippen MR) is 70.6 cm³/mol. The zero-order valence-corrected chi connectivity index (χ0v) is 11.2. The molecule has 0 bridgehead atoms. The second kappa shape index (κ2) is 5.46. The Balaban J connectivity index is 0.00000112. The van der Waals surface area contributed by atoms with Crippen LogP contribution in [0.3, 0.4) is 0 Å². The minimum atomic E-state index is -0.168. The number of hydrogen-bond donors (Lipinski definition) is 1. The lowest BCUT2D eigenvalue weighted by Gasteiger charge is -2.12. The van der Waals surface area contributed by atoms with E-state index in [1.54, 1.807) is 6.07 Å². The first-order valence-electron chi connectivity index (χ1n) is 4.87. The van der Waals surface area contributed by atoms with Gasteiger partial charge in [0.25, 0.3) is 0 Å². The SMILES string of the molecule is Cl.N[C@H](CC1CC1)c1cc(I)ccc1F. The monoisotopic (exact) mass is 341 g/mol. The van der Waals surface area contributed by atoms with Crippen LogP contribution in [0.2, 0.25) is 0 Å². The van der Waals surface area contributed by atoms with E-state index in [9.17, 15) is 4.39 Å². The van der Waals surface area contributed by atoms with Gasteiger partial charge in [0.15, 0.2) is 0 Å². The van der Waals surface area contributed by atoms with Crippen LogP contribution in [-0.2, 0) is 0 Å². The molecule has 0 aromatic heterocycles. The van der Waals surface area contributed by atoms with E-state index in [4.69, 9.17) is 5.73 Å². The van der Waals surface area contributed by atoms with Crippen molar-refractivity contribution in [1.82, 2.24) is 0 Å². The van der Waals surface area contributed by atoms with Gasteiger partial charge in [0.2, 0.25) is 0 Å². The molecule has 0 unspecified atom stereocenters. The third-order valence-corrected chi connectivity index (χ3v) is 3.31. The molecule has 1 aromatic carbocycles. The van der Waals surface area contributed by atoms with Crippen LogP contribution < -0.4 is 5.73 Å². The summed E-state index contributed by atoms with van der Waals surface area (Å²) in [6.45, 7) is 0. The van der Waals surface area contributed by atoms with Gasteiger partial charge < -0.3 is 5.73 Å². The molecule has 15 heavy (non-hydrogen) atoms. The molecule has 84 valence electrons. The molecule has 1 aromatic rings. The summed E-state index contributed by atoms with van der Waals surface area (Å²) < 4.78 is 14.5. The summed E-state index contributed by atoms with van der Waals surface area (Å²) in [5.74, 6) is 0.570. The summed E-state index contributed by atoms with van der Waals surface area (Å²) >= 11 is 2.18. The molecule has 4 heteroatoms. The molecule has 0 amide bonds. The summed E-state index contributed by atoms with van der Waals surface area (Å²) in [5.41, 5.74) is 6.63. The third-order valence-electron chi connectivity index (χ3n) is 2.64. The van der Waals surface area contributed by atoms with Crippen molar-refractivity contribution >= 4 is 35.0 Å². The molecule has 0 saturated heterocycles. The standard InChI is InChI=1S/C11H13FIN.ClH/c12-10-4-3-8(13)6-9(10)11(14)5-7-1-2-7;/h3-4,6-7,11H,1-2,5,14H2;1H/t11-;/m1./s1. The van der Waals surface area contributed by atoms with Gasteiger partial charge in [-0.15, -0.1) is 12.4 Å². The van der Waals surface area contributed by atoms with E-state index in [2.05, 4.69) is 22.6 Å². The highest BCUT2D eigenvalue weighted by atomic mass is 127. The van der Waals surface area contributed by atoms with Crippen LogP contribution in [0.15, 0.2) is 18.2 Å². The van der Waals surface area contributed by atoms with Crippen molar-refractivity contribution in [3.63, 3.8) is 0 Å². The Morgan fingerprint density at radius 3 is 2.73 bits per heavy atom. The molecule has 2 rings (SSSR count). The topological polar surface area (TPSA) is 26.0 Å². The quantitative estimate of drug-likeness (QED) is 0.835. The largest absolute Gasteiger partial charge is 0.324 e. The van der Waals surface area contributed by atoms with E-state index in [1.807, 2.05) is 6.07 Å². The first-order chi connectivity index (χ1) is 6.66. The number of rotatable bonds is 3. The molecule has 1 fully saturated rings. The maximum Gasteiger partial charge on any atom is 0.128 e. The fourth-order valence-electron chi connectivity index (χ4n) is 1.64. The van der Waals surface area contributed by atoms with Crippen molar-refractivity contribution in [1.29, 1.82) is 0 Å². The van der Waals surface area contributed by atoms with Crippen molar-refractivity contribution in [2.45, 2.75) is 25.3 Å². The van der Waals surface area contributed by atoms with Crippen molar-refractivity contribution in [2.24, 2.45) is 11.7 Å². The molecule has 1 aliphatic rings. The Morgan fingerprint density at radius 2 is 2.13 bits per heavy atom. The first kappa shape index (κ1) is 13.2. The van der Waals surface area contributed by atoms with Gasteiger partial charge in [-0.3, -0.25) is 0 Å². The average molecular weight is 342 g/mol. The normalized spacial score (nSPS) is 17.0. The Hall–Kier alpha value is 0.130. The summed E-state index contributed by atoms with van der Waals surface area (Å²) in [7, 11) is 0. The zero-order chi connectivity index (χ0) is 10.1. The lowest BCUT2D eigenvalue weighted by Crippen LogP contribution is -2.13. The Bertz CT molecular complexity index is 341. The number of halogens is 3. The van der Waals surface area contributed by atoms with Crippen LogP contribution in [0.25, 0.3) is 0 Å². The lowest BCUT2D eigenvalue weighted by molar-refractivity contribution is 0.542. The van der Waals surface area contributed by atoms with Gasteiger partial charge in [-0.1, -0.05) is 12.8 Å². The molecule has 0 aliphatic heterocycles. The van der Waals surface area contributed by atoms with Gasteiger partial charge >= 0.3 is 0 Å². The molecule has 0 radical (unpaired) electrons. The summed E-state index contributed by atoms with van der Waals surface area (Å²) in [6, 6.07) is 4.99. The summed E-state index contributed by atoms with van der Waals surface area (Å²) in [5, 5.41) is 0. The summed E-state index contributed by atoms with van der Waals surface area (Å²) in [4.78, 5) is 0. The fourth-order valence-corrected chi connectivity index (χ4v) is 2.15. The second-order valence-corrected chi connectivity index (χ2v) is 5.20. The second-order valence-electron chi connectivity index (χ2n) is 3.95. The van der Waals surface area contributed by atoms with E-state index in [0.29, 0.717) is 5.56 Å². The minimum absolute atomic E-state index is 0. The highest BCUT2D eigenvalue weighted by molar-refractivity contribution is 14.1. The molecule has 1 aliphatic carbocycles. The highest BCUT2D eigenvalue weighted by Gasteiger charge is 2.25. The first-order valence-corrected chi connectivity index (χ1v) is 5.95. The Morgan fingerprint density at radius 1 is 1.47 bits per heavy atom. The van der Waals surface area contributed by atoms with Crippen molar-refractivity contribution in [3.8, 4) is 0 Å². The third kappa shape index (κ3) is 3.57. The molecule has 0 spiro atoms. The average Bonchev–Trinajstić information content (AvgIpc) is 2.93. The molecule has 0 heterocycles. The van der Waals surface area contributed by atoms with Crippen LogP contribution in [0, 0.1) is 15.3 Å². The highest BCUT2D eigenvalue weighted by Crippen LogP contribution is 2.37. The van der Waals surface area contributed by atoms with Crippen LogP contribution in [-0.4, -0.2) is 0 Å². The lowest BCUT2D eigenvalue weighted by atomic mass is 10.0. The predicted octanol–water partition coefficient (Wildman–Crippen LogP) is 3.65. The number of hydrogen-bond acceptors (Lipinski definition) is 1. The van der Waals surface area contributed by atoms with Gasteiger partial charge in [0.1, 0.15) is 5.82 Å². The van der Waals surface area contributed by atoms with E-state index >= 15 is 0 Å². The molecule has 1 nitrogen and oxygen atoms in total. The van der Waals surface area contributed by atoms with E-state index in [-0.39, 0.29) is 24.3 Å². The van der Waals surface area contributed by atoms with Crippen LogP contribution in [0.4, 0.5) is 4.39 Å². The maximum absolute atomic E-state index is 13.4. The summed E-state index contributed by atoms with van der Waals surface area (Å²) in [6.07, 6.45) is 3.45.